The molecule has 2 heteroatoms. The van der Waals surface area contributed by atoms with Gasteiger partial charge in [-0.2, -0.15) is 4.57 Å². The molecule has 0 radical (unpaired) electrons. The number of aromatic nitrogens is 2. The first-order valence-electron chi connectivity index (χ1n) is 8.64. The fourth-order valence-electron chi connectivity index (χ4n) is 3.37. The summed E-state index contributed by atoms with van der Waals surface area (Å²) in [4.78, 5) is 0. The second-order valence-electron chi connectivity index (χ2n) is 7.07. The van der Waals surface area contributed by atoms with E-state index in [-0.39, 0.29) is 0 Å². The molecule has 0 unspecified atom stereocenters. The van der Waals surface area contributed by atoms with Gasteiger partial charge in [-0.15, -0.1) is 0 Å². The van der Waals surface area contributed by atoms with E-state index in [1.54, 1.807) is 0 Å². The van der Waals surface area contributed by atoms with Gasteiger partial charge in [0.25, 0.3) is 0 Å². The van der Waals surface area contributed by atoms with Crippen molar-refractivity contribution < 1.29 is 4.57 Å². The number of hydrogen-bond acceptors (Lipinski definition) is 0. The lowest BCUT2D eigenvalue weighted by molar-refractivity contribution is -0.661. The lowest BCUT2D eigenvalue weighted by atomic mass is 10.0. The number of pyridine rings is 1. The SMILES string of the molecule is Cc1cc(-c2c(C)ccn2-c2ccccc2C(C)C)[n+](C)cc1C. The Balaban J connectivity index is 2.27. The smallest absolute Gasteiger partial charge is 0.229 e. The number of benzene rings is 1. The molecule has 0 saturated heterocycles. The number of aryl methyl sites for hydroxylation is 4. The minimum atomic E-state index is 0.491. The van der Waals surface area contributed by atoms with Crippen LogP contribution >= 0.6 is 0 Å². The van der Waals surface area contributed by atoms with Crippen LogP contribution in [-0.2, 0) is 7.05 Å². The van der Waals surface area contributed by atoms with Crippen LogP contribution in [0.3, 0.4) is 0 Å². The highest BCUT2D eigenvalue weighted by molar-refractivity contribution is 5.63. The topological polar surface area (TPSA) is 8.81 Å². The summed E-state index contributed by atoms with van der Waals surface area (Å²) in [6.45, 7) is 11.1. The van der Waals surface area contributed by atoms with Gasteiger partial charge in [0.15, 0.2) is 6.20 Å². The molecule has 0 aliphatic carbocycles. The molecule has 0 atom stereocenters. The van der Waals surface area contributed by atoms with Gasteiger partial charge in [0.2, 0.25) is 5.69 Å². The maximum atomic E-state index is 2.34. The number of hydrogen-bond donors (Lipinski definition) is 0. The molecule has 0 saturated carbocycles. The maximum Gasteiger partial charge on any atom is 0.229 e. The average molecular weight is 319 g/mol. The minimum absolute atomic E-state index is 0.491. The molecule has 0 spiro atoms. The molecule has 3 rings (SSSR count). The van der Waals surface area contributed by atoms with Crippen LogP contribution in [0.15, 0.2) is 48.8 Å². The largest absolute Gasteiger partial charge is 0.311 e. The van der Waals surface area contributed by atoms with E-state index in [0.29, 0.717) is 5.92 Å². The number of rotatable bonds is 3. The Bertz CT molecular complexity index is 885. The Morgan fingerprint density at radius 2 is 1.62 bits per heavy atom. The molecular formula is C22H27N2+. The molecule has 0 N–H and O–H groups in total. The van der Waals surface area contributed by atoms with E-state index >= 15 is 0 Å². The van der Waals surface area contributed by atoms with Gasteiger partial charge >= 0.3 is 0 Å². The molecule has 0 aliphatic heterocycles. The second-order valence-corrected chi connectivity index (χ2v) is 7.07. The Labute approximate surface area is 145 Å². The van der Waals surface area contributed by atoms with Crippen molar-refractivity contribution in [2.75, 3.05) is 0 Å². The average Bonchev–Trinajstić information content (AvgIpc) is 2.92. The van der Waals surface area contributed by atoms with E-state index in [1.165, 1.54) is 39.3 Å². The van der Waals surface area contributed by atoms with Crippen LogP contribution in [0, 0.1) is 20.8 Å². The van der Waals surface area contributed by atoms with Crippen LogP contribution in [0.2, 0.25) is 0 Å². The van der Waals surface area contributed by atoms with Crippen LogP contribution in [0.25, 0.3) is 17.1 Å². The molecule has 2 heterocycles. The summed E-state index contributed by atoms with van der Waals surface area (Å²) in [5.74, 6) is 0.491. The lowest BCUT2D eigenvalue weighted by Gasteiger charge is -2.16. The molecule has 2 nitrogen and oxygen atoms in total. The van der Waals surface area contributed by atoms with E-state index in [4.69, 9.17) is 0 Å². The van der Waals surface area contributed by atoms with Crippen molar-refractivity contribution in [1.29, 1.82) is 0 Å². The zero-order valence-electron chi connectivity index (χ0n) is 15.6. The predicted octanol–water partition coefficient (Wildman–Crippen LogP) is 5.02. The van der Waals surface area contributed by atoms with E-state index in [2.05, 4.69) is 99.6 Å². The van der Waals surface area contributed by atoms with E-state index in [9.17, 15) is 0 Å². The molecule has 1 aromatic carbocycles. The van der Waals surface area contributed by atoms with E-state index in [0.717, 1.165) is 0 Å². The molecule has 0 bridgehead atoms. The first-order chi connectivity index (χ1) is 11.4. The van der Waals surface area contributed by atoms with Gasteiger partial charge in [-0.05, 0) is 55.5 Å². The maximum absolute atomic E-state index is 2.34. The molecule has 2 aromatic heterocycles. The van der Waals surface area contributed by atoms with Crippen LogP contribution in [0.4, 0.5) is 0 Å². The summed E-state index contributed by atoms with van der Waals surface area (Å²) >= 11 is 0. The summed E-state index contributed by atoms with van der Waals surface area (Å²) in [6.07, 6.45) is 4.41. The third kappa shape index (κ3) is 2.77. The Morgan fingerprint density at radius 3 is 2.33 bits per heavy atom. The first kappa shape index (κ1) is 16.5. The van der Waals surface area contributed by atoms with Crippen molar-refractivity contribution >= 4 is 0 Å². The van der Waals surface area contributed by atoms with Gasteiger partial charge in [0, 0.05) is 23.5 Å². The third-order valence-electron chi connectivity index (χ3n) is 4.89. The van der Waals surface area contributed by atoms with Gasteiger partial charge in [-0.1, -0.05) is 32.0 Å². The van der Waals surface area contributed by atoms with Crippen molar-refractivity contribution in [1.82, 2.24) is 4.57 Å². The van der Waals surface area contributed by atoms with Crippen molar-refractivity contribution in [3.63, 3.8) is 0 Å². The van der Waals surface area contributed by atoms with Crippen LogP contribution in [0.5, 0.6) is 0 Å². The lowest BCUT2D eigenvalue weighted by Crippen LogP contribution is -2.32. The second kappa shape index (κ2) is 6.27. The van der Waals surface area contributed by atoms with Gasteiger partial charge in [0.05, 0.1) is 0 Å². The quantitative estimate of drug-likeness (QED) is 0.600. The molecule has 0 aliphatic rings. The van der Waals surface area contributed by atoms with Crippen molar-refractivity contribution in [3.05, 3.63) is 71.0 Å². The fraction of sp³-hybridized carbons (Fsp3) is 0.318. The number of para-hydroxylation sites is 1. The predicted molar refractivity (Wildman–Crippen MR) is 101 cm³/mol. The zero-order valence-corrected chi connectivity index (χ0v) is 15.6. The molecular weight excluding hydrogens is 292 g/mol. The Morgan fingerprint density at radius 1 is 0.917 bits per heavy atom. The van der Waals surface area contributed by atoms with Crippen LogP contribution < -0.4 is 4.57 Å². The summed E-state index contributed by atoms with van der Waals surface area (Å²) in [7, 11) is 2.13. The highest BCUT2D eigenvalue weighted by Gasteiger charge is 2.20. The summed E-state index contributed by atoms with van der Waals surface area (Å²) < 4.78 is 4.58. The van der Waals surface area contributed by atoms with Crippen LogP contribution in [0.1, 0.15) is 42.0 Å². The first-order valence-corrected chi connectivity index (χ1v) is 8.64. The molecule has 3 aromatic rings. The highest BCUT2D eigenvalue weighted by atomic mass is 15.0. The Hall–Kier alpha value is -2.35. The summed E-state index contributed by atoms with van der Waals surface area (Å²) in [5, 5.41) is 0. The van der Waals surface area contributed by atoms with Gasteiger partial charge < -0.3 is 4.57 Å². The van der Waals surface area contributed by atoms with Gasteiger partial charge in [-0.25, -0.2) is 0 Å². The fourth-order valence-corrected chi connectivity index (χ4v) is 3.37. The van der Waals surface area contributed by atoms with E-state index in [1.807, 2.05) is 0 Å². The normalized spacial score (nSPS) is 11.3. The van der Waals surface area contributed by atoms with Crippen LogP contribution in [-0.4, -0.2) is 4.57 Å². The van der Waals surface area contributed by atoms with Gasteiger partial charge in [-0.3, -0.25) is 0 Å². The summed E-state index contributed by atoms with van der Waals surface area (Å²) in [5.41, 5.74) is 9.11. The van der Waals surface area contributed by atoms with Crippen molar-refractivity contribution in [3.8, 4) is 17.1 Å². The van der Waals surface area contributed by atoms with Crippen molar-refractivity contribution in [2.24, 2.45) is 7.05 Å². The monoisotopic (exact) mass is 319 g/mol. The number of nitrogens with zero attached hydrogens (tertiary/aromatic N) is 2. The van der Waals surface area contributed by atoms with Gasteiger partial charge in [0.1, 0.15) is 12.7 Å². The third-order valence-corrected chi connectivity index (χ3v) is 4.89. The standard InChI is InChI=1S/C22H27N2/c1-15(2)19-9-7-8-10-20(19)24-12-11-16(3)22(24)21-13-17(4)18(5)14-23(21)6/h7-15H,1-6H3/q+1. The highest BCUT2D eigenvalue weighted by Crippen LogP contribution is 2.30. The van der Waals surface area contributed by atoms with E-state index < -0.39 is 0 Å². The minimum Gasteiger partial charge on any atom is -0.311 e. The zero-order chi connectivity index (χ0) is 17.4. The van der Waals surface area contributed by atoms with Crippen molar-refractivity contribution in [2.45, 2.75) is 40.5 Å². The molecule has 0 fully saturated rings. The molecule has 24 heavy (non-hydrogen) atoms. The Kier molecular flexibility index (Phi) is 4.31. The molecule has 0 amide bonds. The summed E-state index contributed by atoms with van der Waals surface area (Å²) in [6, 6.07) is 13.2. The molecule has 124 valence electrons.